The molecule has 0 aromatic heterocycles. The van der Waals surface area contributed by atoms with Gasteiger partial charge in [0.25, 0.3) is 0 Å². The second-order valence-corrected chi connectivity index (χ2v) is 21.6. The van der Waals surface area contributed by atoms with E-state index in [4.69, 9.17) is 8.15 Å². The molecule has 0 aliphatic heterocycles. The van der Waals surface area contributed by atoms with Crippen LogP contribution in [0.5, 0.6) is 0 Å². The first-order valence-electron chi connectivity index (χ1n) is 16.5. The van der Waals surface area contributed by atoms with Crippen LogP contribution in [0.4, 0.5) is 0 Å². The summed E-state index contributed by atoms with van der Waals surface area (Å²) in [6.45, 7) is 4.17. The molecule has 0 fully saturated rings. The van der Waals surface area contributed by atoms with Gasteiger partial charge >= 0.3 is 10.4 Å². The van der Waals surface area contributed by atoms with E-state index < -0.39 is 16.5 Å². The van der Waals surface area contributed by atoms with Crippen LogP contribution in [-0.2, 0) is 26.7 Å². The summed E-state index contributed by atoms with van der Waals surface area (Å²) in [4.78, 5) is 0. The van der Waals surface area contributed by atoms with Crippen molar-refractivity contribution in [2.75, 3.05) is 18.1 Å². The molecule has 1 unspecified atom stereocenters. The van der Waals surface area contributed by atoms with Gasteiger partial charge in [0.2, 0.25) is 0 Å². The molecule has 0 amide bonds. The first-order valence-corrected chi connectivity index (χ1v) is 23.5. The zero-order chi connectivity index (χ0) is 30.6. The predicted molar refractivity (Wildman–Crippen MR) is 190 cm³/mol. The molecule has 1 aromatic carbocycles. The first-order chi connectivity index (χ1) is 20.5. The van der Waals surface area contributed by atoms with Gasteiger partial charge in [0.15, 0.2) is 0 Å². The standard InChI is InChI=1S/C32H59O5PS4/c1-3-5-7-9-11-13-15-17-19-24-28-39-41(40-29-25-20-18-16-14-12-10-8-6-4-2)38-37-42(34,35)36-30-32(33)31-26-22-21-23-27-31/h21-23,26-27,32-33H,3-20,24-25,28-30H2,1-2H3. The van der Waals surface area contributed by atoms with Gasteiger partial charge in [0, 0.05) is 11.5 Å². The highest BCUT2D eigenvalue weighted by Crippen LogP contribution is 2.34. The Morgan fingerprint density at radius 2 is 1.10 bits per heavy atom. The van der Waals surface area contributed by atoms with Gasteiger partial charge in [0.1, 0.15) is 13.7 Å². The fraction of sp³-hybridized carbons (Fsp3) is 0.812. The van der Waals surface area contributed by atoms with Crippen molar-refractivity contribution >= 4 is 47.7 Å². The fourth-order valence-electron chi connectivity index (χ4n) is 4.52. The van der Waals surface area contributed by atoms with E-state index in [2.05, 4.69) is 13.8 Å². The lowest BCUT2D eigenvalue weighted by molar-refractivity contribution is 0.105. The minimum atomic E-state index is -4.18. The predicted octanol–water partition coefficient (Wildman–Crippen LogP) is 11.5. The van der Waals surface area contributed by atoms with Crippen LogP contribution in [0.1, 0.15) is 154 Å². The average Bonchev–Trinajstić information content (AvgIpc) is 3.00. The van der Waals surface area contributed by atoms with Gasteiger partial charge < -0.3 is 5.11 Å². The van der Waals surface area contributed by atoms with Crippen LogP contribution in [0.25, 0.3) is 0 Å². The highest BCUT2D eigenvalue weighted by molar-refractivity contribution is 9.10. The van der Waals surface area contributed by atoms with Crippen molar-refractivity contribution in [3.8, 4) is 0 Å². The Balaban J connectivity index is 2.38. The molecule has 0 saturated heterocycles. The van der Waals surface area contributed by atoms with Gasteiger partial charge in [0.05, 0.1) is 6.61 Å². The Morgan fingerprint density at radius 3 is 1.52 bits per heavy atom. The van der Waals surface area contributed by atoms with E-state index in [0.29, 0.717) is 13.1 Å². The smallest absolute Gasteiger partial charge is 0.386 e. The quantitative estimate of drug-likeness (QED) is 0.0492. The van der Waals surface area contributed by atoms with Crippen LogP contribution >= 0.6 is 29.2 Å². The number of hydrogen-bond donors (Lipinski definition) is 1. The monoisotopic (exact) mass is 682 g/mol. The lowest BCUT2D eigenvalue weighted by Gasteiger charge is -2.11. The molecule has 42 heavy (non-hydrogen) atoms. The maximum atomic E-state index is 12.4. The van der Waals surface area contributed by atoms with Crippen LogP contribution in [0, 0.1) is 0 Å². The lowest BCUT2D eigenvalue weighted by Crippen LogP contribution is -2.12. The van der Waals surface area contributed by atoms with Gasteiger partial charge in [-0.3, -0.25) is 0 Å². The molecule has 1 N–H and O–H groups in total. The van der Waals surface area contributed by atoms with E-state index >= 15 is 0 Å². The third kappa shape index (κ3) is 24.7. The van der Waals surface area contributed by atoms with Gasteiger partial charge in [-0.15, -0.1) is 0 Å². The van der Waals surface area contributed by atoms with E-state index in [-0.39, 0.29) is 14.7 Å². The molecular weight excluding hydrogens is 624 g/mol. The molecule has 0 heterocycles. The number of unbranched alkanes of at least 4 members (excludes halogenated alkanes) is 18. The maximum absolute atomic E-state index is 12.4. The van der Waals surface area contributed by atoms with Crippen molar-refractivity contribution in [1.29, 1.82) is 0 Å². The van der Waals surface area contributed by atoms with Crippen LogP contribution in [0.3, 0.4) is 0 Å². The number of rotatable bonds is 30. The van der Waals surface area contributed by atoms with Crippen molar-refractivity contribution in [1.82, 2.24) is 0 Å². The summed E-state index contributed by atoms with van der Waals surface area (Å²) in [7, 11) is -0.402. The molecule has 1 rings (SSSR count). The average molecular weight is 683 g/mol. The summed E-state index contributed by atoms with van der Waals surface area (Å²) in [5.74, 6) is 2.04. The number of hydrogen-bond acceptors (Lipinski definition) is 7. The fourth-order valence-corrected chi connectivity index (χ4v) is 15.0. The van der Waals surface area contributed by atoms with Gasteiger partial charge in [-0.05, 0) is 26.5 Å². The van der Waals surface area contributed by atoms with E-state index in [1.54, 1.807) is 24.3 Å². The number of benzene rings is 1. The lowest BCUT2D eigenvalue weighted by atomic mass is 10.1. The van der Waals surface area contributed by atoms with E-state index in [0.717, 1.165) is 24.3 Å². The molecular formula is C32H59O5PS4. The Labute approximate surface area is 270 Å². The number of aliphatic hydroxyl groups is 1. The summed E-state index contributed by atoms with van der Waals surface area (Å²) in [5.41, 5.74) is 0.615. The summed E-state index contributed by atoms with van der Waals surface area (Å²) in [5, 5.41) is 10.2. The number of aliphatic hydroxyl groups excluding tert-OH is 1. The van der Waals surface area contributed by atoms with Crippen molar-refractivity contribution in [3.63, 3.8) is 0 Å². The molecule has 0 radical (unpaired) electrons. The zero-order valence-corrected chi connectivity index (χ0v) is 30.5. The molecule has 0 spiro atoms. The molecule has 5 nitrogen and oxygen atoms in total. The minimum Gasteiger partial charge on any atom is -0.386 e. The van der Waals surface area contributed by atoms with Crippen LogP contribution in [0.2, 0.25) is 0 Å². The van der Waals surface area contributed by atoms with Crippen molar-refractivity contribution < 1.29 is 21.7 Å². The Hall–Kier alpha value is 0.400. The molecule has 246 valence electrons. The Kier molecular flexibility index (Phi) is 27.8. The molecule has 0 aliphatic rings. The third-order valence-corrected chi connectivity index (χ3v) is 17.8. The molecule has 0 saturated carbocycles. The van der Waals surface area contributed by atoms with Gasteiger partial charge in [-0.2, -0.15) is 12.4 Å². The van der Waals surface area contributed by atoms with Gasteiger partial charge in [-0.25, -0.2) is 4.18 Å². The summed E-state index contributed by atoms with van der Waals surface area (Å²) < 4.78 is 35.1. The van der Waals surface area contributed by atoms with Gasteiger partial charge in [-0.1, -0.05) is 181 Å². The largest absolute Gasteiger partial charge is 0.408 e. The Bertz CT molecular complexity index is 843. The zero-order valence-electron chi connectivity index (χ0n) is 26.4. The molecule has 1 aromatic rings. The maximum Gasteiger partial charge on any atom is 0.408 e. The van der Waals surface area contributed by atoms with E-state index in [9.17, 15) is 13.5 Å². The molecule has 1 atom stereocenters. The third-order valence-electron chi connectivity index (χ3n) is 7.10. The highest BCUT2D eigenvalue weighted by Gasteiger charge is 2.17. The highest BCUT2D eigenvalue weighted by atomic mass is 33.6. The van der Waals surface area contributed by atoms with Crippen LogP contribution in [0.15, 0.2) is 30.3 Å². The minimum absolute atomic E-state index is 0.287. The molecule has 0 bridgehead atoms. The van der Waals surface area contributed by atoms with E-state index in [1.165, 1.54) is 116 Å². The summed E-state index contributed by atoms with van der Waals surface area (Å²) >= 11 is 0. The summed E-state index contributed by atoms with van der Waals surface area (Å²) in [6.07, 6.45) is 25.2. The topological polar surface area (TPSA) is 72.8 Å². The SMILES string of the molecule is CCCCCCCCCCCCSS(=POS(=O)(=O)OCC(O)c1ccccc1)SCCCCCCCCCCCC. The van der Waals surface area contributed by atoms with Crippen LogP contribution < -0.4 is 0 Å². The summed E-state index contributed by atoms with van der Waals surface area (Å²) in [6, 6.07) is 8.92. The molecule has 10 heteroatoms. The van der Waals surface area contributed by atoms with Crippen LogP contribution in [-0.4, -0.2) is 31.6 Å². The van der Waals surface area contributed by atoms with E-state index in [1.807, 2.05) is 27.7 Å². The second kappa shape index (κ2) is 28.8. The van der Waals surface area contributed by atoms with Crippen molar-refractivity contribution in [2.45, 2.75) is 148 Å². The molecule has 0 aliphatic carbocycles. The van der Waals surface area contributed by atoms with Crippen molar-refractivity contribution in [2.24, 2.45) is 0 Å². The first kappa shape index (κ1) is 40.4. The van der Waals surface area contributed by atoms with Crippen molar-refractivity contribution in [3.05, 3.63) is 35.9 Å². The normalized spacial score (nSPS) is 12.9. The Morgan fingerprint density at radius 1 is 0.690 bits per heavy atom. The second-order valence-electron chi connectivity index (χ2n) is 11.0.